The number of unbranched alkanes of at least 4 members (excludes halogenated alkanes) is 12. The van der Waals surface area contributed by atoms with E-state index in [0.29, 0.717) is 6.42 Å². The van der Waals surface area contributed by atoms with Crippen LogP contribution in [-0.4, -0.2) is 12.5 Å². The molecule has 1 amide bonds. The van der Waals surface area contributed by atoms with E-state index in [1.54, 1.807) is 0 Å². The minimum atomic E-state index is 0.209. The Morgan fingerprint density at radius 1 is 0.696 bits per heavy atom. The SMILES string of the molecule is CCCCCCCCC/C=C\CCCCCCCC(=O)NCC. The van der Waals surface area contributed by atoms with Crippen molar-refractivity contribution >= 4 is 5.91 Å². The summed E-state index contributed by atoms with van der Waals surface area (Å²) < 4.78 is 0. The van der Waals surface area contributed by atoms with Crippen LogP contribution in [0.3, 0.4) is 0 Å². The highest BCUT2D eigenvalue weighted by atomic mass is 16.1. The summed E-state index contributed by atoms with van der Waals surface area (Å²) in [7, 11) is 0. The Hall–Kier alpha value is -0.790. The van der Waals surface area contributed by atoms with Crippen molar-refractivity contribution in [3.05, 3.63) is 12.2 Å². The van der Waals surface area contributed by atoms with Crippen LogP contribution in [-0.2, 0) is 4.79 Å². The first-order chi connectivity index (χ1) is 11.3. The fraction of sp³-hybridized carbons (Fsp3) is 0.857. The first-order valence-corrected chi connectivity index (χ1v) is 10.2. The van der Waals surface area contributed by atoms with Gasteiger partial charge in [-0.25, -0.2) is 0 Å². The zero-order valence-electron chi connectivity index (χ0n) is 15.9. The second kappa shape index (κ2) is 19.3. The Balaban J connectivity index is 3.12. The molecule has 2 heteroatoms. The molecular weight excluding hydrogens is 282 g/mol. The van der Waals surface area contributed by atoms with E-state index in [4.69, 9.17) is 0 Å². The number of rotatable bonds is 17. The van der Waals surface area contributed by atoms with Crippen LogP contribution < -0.4 is 5.32 Å². The average molecular weight is 324 g/mol. The van der Waals surface area contributed by atoms with Gasteiger partial charge in [0.2, 0.25) is 5.91 Å². The van der Waals surface area contributed by atoms with E-state index in [9.17, 15) is 4.79 Å². The Morgan fingerprint density at radius 2 is 1.17 bits per heavy atom. The topological polar surface area (TPSA) is 29.1 Å². The van der Waals surface area contributed by atoms with E-state index >= 15 is 0 Å². The maximum absolute atomic E-state index is 11.3. The Kier molecular flexibility index (Phi) is 18.6. The summed E-state index contributed by atoms with van der Waals surface area (Å²) >= 11 is 0. The minimum Gasteiger partial charge on any atom is -0.356 e. The Morgan fingerprint density at radius 3 is 1.70 bits per heavy atom. The van der Waals surface area contributed by atoms with Crippen LogP contribution in [0.1, 0.15) is 110 Å². The molecule has 0 aliphatic rings. The summed E-state index contributed by atoms with van der Waals surface area (Å²) in [6.07, 6.45) is 23.8. The molecule has 0 aromatic heterocycles. The Bertz CT molecular complexity index is 273. The molecule has 0 bridgehead atoms. The van der Waals surface area contributed by atoms with Crippen LogP contribution in [0.4, 0.5) is 0 Å². The number of nitrogens with one attached hydrogen (secondary N) is 1. The molecule has 0 aliphatic heterocycles. The van der Waals surface area contributed by atoms with Crippen molar-refractivity contribution in [2.24, 2.45) is 0 Å². The maximum atomic E-state index is 11.3. The van der Waals surface area contributed by atoms with E-state index in [1.807, 2.05) is 6.92 Å². The van der Waals surface area contributed by atoms with Gasteiger partial charge in [0, 0.05) is 13.0 Å². The molecule has 1 N–H and O–H groups in total. The number of amides is 1. The van der Waals surface area contributed by atoms with Gasteiger partial charge >= 0.3 is 0 Å². The first kappa shape index (κ1) is 22.2. The van der Waals surface area contributed by atoms with E-state index in [1.165, 1.54) is 83.5 Å². The van der Waals surface area contributed by atoms with Crippen LogP contribution in [0.2, 0.25) is 0 Å². The third-order valence-electron chi connectivity index (χ3n) is 4.29. The molecule has 0 saturated heterocycles. The fourth-order valence-electron chi connectivity index (χ4n) is 2.82. The molecule has 0 unspecified atom stereocenters. The van der Waals surface area contributed by atoms with Gasteiger partial charge in [-0.05, 0) is 39.0 Å². The molecule has 0 fully saturated rings. The molecule has 2 nitrogen and oxygen atoms in total. The second-order valence-electron chi connectivity index (χ2n) is 6.64. The van der Waals surface area contributed by atoms with Crippen LogP contribution in [0.15, 0.2) is 12.2 Å². The highest BCUT2D eigenvalue weighted by Gasteiger charge is 1.98. The number of carbonyl (C=O) groups is 1. The number of hydrogen-bond donors (Lipinski definition) is 1. The molecule has 23 heavy (non-hydrogen) atoms. The van der Waals surface area contributed by atoms with Crippen LogP contribution in [0.5, 0.6) is 0 Å². The number of hydrogen-bond acceptors (Lipinski definition) is 1. The van der Waals surface area contributed by atoms with Crippen LogP contribution in [0, 0.1) is 0 Å². The predicted molar refractivity (Wildman–Crippen MR) is 103 cm³/mol. The summed E-state index contributed by atoms with van der Waals surface area (Å²) in [4.78, 5) is 11.3. The van der Waals surface area contributed by atoms with Gasteiger partial charge in [0.15, 0.2) is 0 Å². The van der Waals surface area contributed by atoms with Gasteiger partial charge in [-0.1, -0.05) is 76.9 Å². The van der Waals surface area contributed by atoms with Crippen molar-refractivity contribution < 1.29 is 4.79 Å². The van der Waals surface area contributed by atoms with E-state index < -0.39 is 0 Å². The lowest BCUT2D eigenvalue weighted by Crippen LogP contribution is -2.21. The molecule has 0 radical (unpaired) electrons. The van der Waals surface area contributed by atoms with Crippen molar-refractivity contribution in [2.75, 3.05) is 6.54 Å². The van der Waals surface area contributed by atoms with Crippen molar-refractivity contribution in [1.29, 1.82) is 0 Å². The van der Waals surface area contributed by atoms with Gasteiger partial charge in [-0.15, -0.1) is 0 Å². The molecule has 0 atom stereocenters. The largest absolute Gasteiger partial charge is 0.356 e. The fourth-order valence-corrected chi connectivity index (χ4v) is 2.82. The molecule has 0 aliphatic carbocycles. The van der Waals surface area contributed by atoms with Gasteiger partial charge in [-0.2, -0.15) is 0 Å². The zero-order valence-corrected chi connectivity index (χ0v) is 15.9. The number of allylic oxidation sites excluding steroid dienone is 2. The lowest BCUT2D eigenvalue weighted by molar-refractivity contribution is -0.121. The van der Waals surface area contributed by atoms with Gasteiger partial charge < -0.3 is 5.32 Å². The standard InChI is InChI=1S/C21H41NO/c1-3-5-6-7-8-9-10-11-12-13-14-15-16-17-18-19-20-21(23)22-4-2/h12-13H,3-11,14-20H2,1-2H3,(H,22,23)/b13-12-. The smallest absolute Gasteiger partial charge is 0.219 e. The summed E-state index contributed by atoms with van der Waals surface area (Å²) in [6, 6.07) is 0. The van der Waals surface area contributed by atoms with Crippen molar-refractivity contribution in [3.63, 3.8) is 0 Å². The van der Waals surface area contributed by atoms with E-state index in [-0.39, 0.29) is 5.91 Å². The average Bonchev–Trinajstić information content (AvgIpc) is 2.54. The van der Waals surface area contributed by atoms with Gasteiger partial charge in [-0.3, -0.25) is 4.79 Å². The molecule has 0 rings (SSSR count). The van der Waals surface area contributed by atoms with Crippen LogP contribution >= 0.6 is 0 Å². The predicted octanol–water partition coefficient (Wildman–Crippen LogP) is 6.55. The third-order valence-corrected chi connectivity index (χ3v) is 4.29. The van der Waals surface area contributed by atoms with Gasteiger partial charge in [0.25, 0.3) is 0 Å². The normalized spacial score (nSPS) is 11.2. The summed E-state index contributed by atoms with van der Waals surface area (Å²) in [5.41, 5.74) is 0. The minimum absolute atomic E-state index is 0.209. The maximum Gasteiger partial charge on any atom is 0.219 e. The van der Waals surface area contributed by atoms with E-state index in [0.717, 1.165) is 13.0 Å². The molecule has 136 valence electrons. The lowest BCUT2D eigenvalue weighted by Gasteiger charge is -2.02. The molecule has 0 spiro atoms. The molecule has 0 aromatic carbocycles. The van der Waals surface area contributed by atoms with E-state index in [2.05, 4.69) is 24.4 Å². The monoisotopic (exact) mass is 323 g/mol. The quantitative estimate of drug-likeness (QED) is 0.239. The molecule has 0 heterocycles. The third kappa shape index (κ3) is 19.2. The van der Waals surface area contributed by atoms with Crippen LogP contribution in [0.25, 0.3) is 0 Å². The summed E-state index contributed by atoms with van der Waals surface area (Å²) in [5.74, 6) is 0.209. The summed E-state index contributed by atoms with van der Waals surface area (Å²) in [5, 5.41) is 2.85. The zero-order chi connectivity index (χ0) is 17.0. The highest BCUT2D eigenvalue weighted by Crippen LogP contribution is 2.10. The Labute approximate surface area is 145 Å². The van der Waals surface area contributed by atoms with Crippen molar-refractivity contribution in [1.82, 2.24) is 5.32 Å². The first-order valence-electron chi connectivity index (χ1n) is 10.2. The molecule has 0 aromatic rings. The lowest BCUT2D eigenvalue weighted by atomic mass is 10.1. The highest BCUT2D eigenvalue weighted by molar-refractivity contribution is 5.75. The van der Waals surface area contributed by atoms with Crippen molar-refractivity contribution in [2.45, 2.75) is 110 Å². The molecular formula is C21H41NO. The van der Waals surface area contributed by atoms with Crippen molar-refractivity contribution in [3.8, 4) is 0 Å². The molecule has 0 saturated carbocycles. The van der Waals surface area contributed by atoms with Gasteiger partial charge in [0.05, 0.1) is 0 Å². The summed E-state index contributed by atoms with van der Waals surface area (Å²) in [6.45, 7) is 5.00. The van der Waals surface area contributed by atoms with Gasteiger partial charge in [0.1, 0.15) is 0 Å². The second-order valence-corrected chi connectivity index (χ2v) is 6.64. The number of carbonyl (C=O) groups excluding carboxylic acids is 1.